The molecule has 7 heteroatoms. The molecule has 4 rings (SSSR count). The lowest BCUT2D eigenvalue weighted by molar-refractivity contribution is 0.0947. The first kappa shape index (κ1) is 20.7. The number of fused-ring (bicyclic) bond motifs is 1. The number of carbonyl (C=O) groups is 1. The van der Waals surface area contributed by atoms with Gasteiger partial charge in [0.25, 0.3) is 5.91 Å². The maximum atomic E-state index is 12.5. The standard InChI is InChI=1S/C24H27N5O2/c1-16-6-9-19(10-7-16)23-27-26-22-15-20(28-29(22)23)24(30)25-12-4-5-13-31-21-11-8-17(2)14-18(21)3/h6-11,14-15,28H,4-5,12-13H2,1-3H3,(H,25,30). The van der Waals surface area contributed by atoms with E-state index in [1.165, 1.54) is 11.1 Å². The maximum Gasteiger partial charge on any atom is 0.269 e. The van der Waals surface area contributed by atoms with Crippen LogP contribution in [0.2, 0.25) is 0 Å². The molecule has 0 aliphatic carbocycles. The number of hydrogen-bond donors (Lipinski definition) is 2. The first-order valence-corrected chi connectivity index (χ1v) is 10.5. The third-order valence-electron chi connectivity index (χ3n) is 5.19. The van der Waals surface area contributed by atoms with Crippen molar-refractivity contribution in [3.8, 4) is 17.1 Å². The zero-order chi connectivity index (χ0) is 21.8. The van der Waals surface area contributed by atoms with Crippen molar-refractivity contribution in [2.45, 2.75) is 33.6 Å². The molecule has 0 atom stereocenters. The second-order valence-corrected chi connectivity index (χ2v) is 7.83. The Bertz CT molecular complexity index is 1190. The molecule has 31 heavy (non-hydrogen) atoms. The molecule has 0 saturated carbocycles. The third-order valence-corrected chi connectivity index (χ3v) is 5.19. The van der Waals surface area contributed by atoms with Gasteiger partial charge in [0.15, 0.2) is 11.5 Å². The fourth-order valence-corrected chi connectivity index (χ4v) is 3.46. The van der Waals surface area contributed by atoms with Crippen LogP contribution in [-0.2, 0) is 0 Å². The van der Waals surface area contributed by atoms with Gasteiger partial charge in [-0.05, 0) is 45.2 Å². The van der Waals surface area contributed by atoms with Crippen molar-refractivity contribution in [2.24, 2.45) is 0 Å². The van der Waals surface area contributed by atoms with E-state index >= 15 is 0 Å². The van der Waals surface area contributed by atoms with Gasteiger partial charge in [-0.15, -0.1) is 10.2 Å². The van der Waals surface area contributed by atoms with Gasteiger partial charge in [0, 0.05) is 18.2 Å². The topological polar surface area (TPSA) is 84.3 Å². The molecule has 4 aromatic rings. The zero-order valence-corrected chi connectivity index (χ0v) is 18.1. The number of aryl methyl sites for hydroxylation is 3. The molecule has 0 unspecified atom stereocenters. The lowest BCUT2D eigenvalue weighted by Crippen LogP contribution is -2.25. The number of carbonyl (C=O) groups excluding carboxylic acids is 1. The van der Waals surface area contributed by atoms with E-state index in [1.807, 2.05) is 37.3 Å². The van der Waals surface area contributed by atoms with Crippen LogP contribution < -0.4 is 10.1 Å². The molecule has 0 bridgehead atoms. The van der Waals surface area contributed by atoms with E-state index < -0.39 is 0 Å². The Labute approximate surface area is 181 Å². The molecular formula is C24H27N5O2. The first-order chi connectivity index (χ1) is 15.0. The van der Waals surface area contributed by atoms with Gasteiger partial charge in [0.2, 0.25) is 0 Å². The normalized spacial score (nSPS) is 11.1. The molecule has 2 aromatic carbocycles. The van der Waals surface area contributed by atoms with Gasteiger partial charge in [0.1, 0.15) is 11.4 Å². The van der Waals surface area contributed by atoms with E-state index in [-0.39, 0.29) is 5.91 Å². The second-order valence-electron chi connectivity index (χ2n) is 7.83. The number of unbranched alkanes of at least 4 members (excludes halogenated alkanes) is 1. The molecular weight excluding hydrogens is 390 g/mol. The molecule has 1 amide bonds. The number of H-pyrrole nitrogens is 1. The SMILES string of the molecule is Cc1ccc(-c2nnc3cc(C(=O)NCCCCOc4ccc(C)cc4C)[nH]n23)cc1. The Balaban J connectivity index is 1.27. The number of amides is 1. The predicted octanol–water partition coefficient (Wildman–Crippen LogP) is 4.24. The predicted molar refractivity (Wildman–Crippen MR) is 120 cm³/mol. The summed E-state index contributed by atoms with van der Waals surface area (Å²) in [5, 5.41) is 14.4. The van der Waals surface area contributed by atoms with Crippen LogP contribution in [0.5, 0.6) is 5.75 Å². The summed E-state index contributed by atoms with van der Waals surface area (Å²) < 4.78 is 7.57. The third kappa shape index (κ3) is 4.77. The van der Waals surface area contributed by atoms with E-state index in [9.17, 15) is 4.79 Å². The zero-order valence-electron chi connectivity index (χ0n) is 18.1. The highest BCUT2D eigenvalue weighted by Crippen LogP contribution is 2.20. The smallest absolute Gasteiger partial charge is 0.269 e. The number of hydrogen-bond acceptors (Lipinski definition) is 4. The summed E-state index contributed by atoms with van der Waals surface area (Å²) in [4.78, 5) is 12.5. The molecule has 0 saturated heterocycles. The quantitative estimate of drug-likeness (QED) is 0.420. The summed E-state index contributed by atoms with van der Waals surface area (Å²) in [6, 6.07) is 15.9. The lowest BCUT2D eigenvalue weighted by Gasteiger charge is -2.10. The fraction of sp³-hybridized carbons (Fsp3) is 0.292. The van der Waals surface area contributed by atoms with E-state index in [4.69, 9.17) is 4.74 Å². The van der Waals surface area contributed by atoms with E-state index in [2.05, 4.69) is 46.6 Å². The van der Waals surface area contributed by atoms with Crippen molar-refractivity contribution in [1.82, 2.24) is 25.1 Å². The Morgan fingerprint density at radius 1 is 1.00 bits per heavy atom. The summed E-state index contributed by atoms with van der Waals surface area (Å²) in [5.41, 5.74) is 5.56. The van der Waals surface area contributed by atoms with Crippen LogP contribution in [0.3, 0.4) is 0 Å². The molecule has 7 nitrogen and oxygen atoms in total. The van der Waals surface area contributed by atoms with Crippen molar-refractivity contribution >= 4 is 11.6 Å². The minimum absolute atomic E-state index is 0.157. The number of rotatable bonds is 8. The number of benzene rings is 2. The van der Waals surface area contributed by atoms with Crippen molar-refractivity contribution in [3.63, 3.8) is 0 Å². The Morgan fingerprint density at radius 3 is 2.55 bits per heavy atom. The van der Waals surface area contributed by atoms with Crippen LogP contribution in [0.15, 0.2) is 48.5 Å². The highest BCUT2D eigenvalue weighted by atomic mass is 16.5. The average molecular weight is 418 g/mol. The molecule has 0 fully saturated rings. The second kappa shape index (κ2) is 9.04. The van der Waals surface area contributed by atoms with Crippen LogP contribution in [0.1, 0.15) is 40.0 Å². The molecule has 160 valence electrons. The summed E-state index contributed by atoms with van der Waals surface area (Å²) in [5.74, 6) is 1.44. The highest BCUT2D eigenvalue weighted by molar-refractivity contribution is 5.93. The van der Waals surface area contributed by atoms with Crippen LogP contribution >= 0.6 is 0 Å². The number of ether oxygens (including phenoxy) is 1. The molecule has 0 aliphatic rings. The minimum Gasteiger partial charge on any atom is -0.493 e. The monoisotopic (exact) mass is 417 g/mol. The van der Waals surface area contributed by atoms with E-state index in [0.29, 0.717) is 30.3 Å². The maximum absolute atomic E-state index is 12.5. The van der Waals surface area contributed by atoms with Crippen LogP contribution in [0.25, 0.3) is 17.0 Å². The van der Waals surface area contributed by atoms with Crippen molar-refractivity contribution in [1.29, 1.82) is 0 Å². The molecule has 2 N–H and O–H groups in total. The molecule has 2 heterocycles. The Morgan fingerprint density at radius 2 is 1.77 bits per heavy atom. The van der Waals surface area contributed by atoms with Crippen molar-refractivity contribution in [2.75, 3.05) is 13.2 Å². The van der Waals surface area contributed by atoms with Gasteiger partial charge in [-0.25, -0.2) is 4.52 Å². The van der Waals surface area contributed by atoms with Crippen molar-refractivity contribution in [3.05, 3.63) is 70.9 Å². The highest BCUT2D eigenvalue weighted by Gasteiger charge is 2.14. The summed E-state index contributed by atoms with van der Waals surface area (Å²) in [6.07, 6.45) is 1.70. The number of aromatic amines is 1. The van der Waals surface area contributed by atoms with E-state index in [0.717, 1.165) is 29.7 Å². The van der Waals surface area contributed by atoms with Crippen LogP contribution in [0.4, 0.5) is 0 Å². The minimum atomic E-state index is -0.157. The molecule has 0 spiro atoms. The van der Waals surface area contributed by atoms with Gasteiger partial charge < -0.3 is 10.1 Å². The molecule has 0 radical (unpaired) electrons. The first-order valence-electron chi connectivity index (χ1n) is 10.5. The fourth-order valence-electron chi connectivity index (χ4n) is 3.46. The van der Waals surface area contributed by atoms with E-state index in [1.54, 1.807) is 10.6 Å². The van der Waals surface area contributed by atoms with Crippen LogP contribution in [-0.4, -0.2) is 38.9 Å². The number of aromatic nitrogens is 4. The van der Waals surface area contributed by atoms with Gasteiger partial charge in [-0.3, -0.25) is 9.89 Å². The Hall–Kier alpha value is -3.61. The largest absolute Gasteiger partial charge is 0.493 e. The van der Waals surface area contributed by atoms with Crippen molar-refractivity contribution < 1.29 is 9.53 Å². The van der Waals surface area contributed by atoms with Gasteiger partial charge >= 0.3 is 0 Å². The van der Waals surface area contributed by atoms with Crippen LogP contribution in [0, 0.1) is 20.8 Å². The summed E-state index contributed by atoms with van der Waals surface area (Å²) >= 11 is 0. The summed E-state index contributed by atoms with van der Waals surface area (Å²) in [6.45, 7) is 7.37. The Kier molecular flexibility index (Phi) is 6.02. The number of nitrogens with one attached hydrogen (secondary N) is 2. The van der Waals surface area contributed by atoms with Gasteiger partial charge in [0.05, 0.1) is 6.61 Å². The summed E-state index contributed by atoms with van der Waals surface area (Å²) in [7, 11) is 0. The lowest BCUT2D eigenvalue weighted by atomic mass is 10.1. The average Bonchev–Trinajstić information content (AvgIpc) is 3.33. The molecule has 0 aliphatic heterocycles. The van der Waals surface area contributed by atoms with Gasteiger partial charge in [-0.2, -0.15) is 0 Å². The number of nitrogens with zero attached hydrogens (tertiary/aromatic N) is 3. The van der Waals surface area contributed by atoms with Gasteiger partial charge in [-0.1, -0.05) is 47.5 Å². The molecule has 2 aromatic heterocycles.